The van der Waals surface area contributed by atoms with Gasteiger partial charge in [-0.25, -0.2) is 0 Å². The first-order chi connectivity index (χ1) is 30.6. The number of ether oxygens (including phenoxy) is 4. The molecular formula is C58H80N4O4. The van der Waals surface area contributed by atoms with Crippen molar-refractivity contribution in [3.05, 3.63) is 115 Å². The highest BCUT2D eigenvalue weighted by atomic mass is 16.5. The Balaban J connectivity index is 0.00000164. The Hall–Kier alpha value is -5.96. The van der Waals surface area contributed by atoms with Crippen LogP contribution in [0.2, 0.25) is 0 Å². The number of nitriles is 4. The molecule has 0 radical (unpaired) electrons. The van der Waals surface area contributed by atoms with Crippen LogP contribution in [-0.2, 0) is 34.5 Å². The fraction of sp³-hybridized carbons (Fsp3) is 0.517. The van der Waals surface area contributed by atoms with Crippen molar-refractivity contribution in [3.8, 4) is 47.3 Å². The molecule has 0 aliphatic heterocycles. The van der Waals surface area contributed by atoms with Gasteiger partial charge in [-0.1, -0.05) is 145 Å². The normalized spacial score (nSPS) is 14.0. The summed E-state index contributed by atoms with van der Waals surface area (Å²) >= 11 is 0. The van der Waals surface area contributed by atoms with Crippen LogP contribution in [0.3, 0.4) is 0 Å². The van der Waals surface area contributed by atoms with E-state index in [1.807, 2.05) is 28.4 Å². The van der Waals surface area contributed by atoms with E-state index in [-0.39, 0.29) is 33.5 Å². The number of nitrogens with zero attached hydrogens (tertiary/aromatic N) is 4. The molecule has 0 amide bonds. The third-order valence-electron chi connectivity index (χ3n) is 11.7. The van der Waals surface area contributed by atoms with Gasteiger partial charge in [-0.2, -0.15) is 21.0 Å². The lowest BCUT2D eigenvalue weighted by Crippen LogP contribution is -2.18. The van der Waals surface area contributed by atoms with Gasteiger partial charge in [0.15, 0.2) is 0 Å². The molecule has 0 spiro atoms. The van der Waals surface area contributed by atoms with Crippen LogP contribution in [0.15, 0.2) is 48.5 Å². The zero-order chi connectivity index (χ0) is 51.1. The predicted octanol–water partition coefficient (Wildman–Crippen LogP) is 14.8. The van der Waals surface area contributed by atoms with Gasteiger partial charge in [-0.05, 0) is 66.2 Å². The smallest absolute Gasteiger partial charge is 0.126 e. The Kier molecular flexibility index (Phi) is 21.6. The van der Waals surface area contributed by atoms with E-state index in [0.29, 0.717) is 12.8 Å². The van der Waals surface area contributed by atoms with Crippen molar-refractivity contribution in [2.45, 2.75) is 171 Å². The third kappa shape index (κ3) is 14.5. The van der Waals surface area contributed by atoms with E-state index in [9.17, 15) is 0 Å². The molecule has 0 unspecified atom stereocenters. The lowest BCUT2D eigenvalue weighted by Gasteiger charge is -2.31. The fourth-order valence-electron chi connectivity index (χ4n) is 8.14. The predicted molar refractivity (Wildman–Crippen MR) is 273 cm³/mol. The highest BCUT2D eigenvalue weighted by molar-refractivity contribution is 5.62. The molecule has 0 fully saturated rings. The summed E-state index contributed by atoms with van der Waals surface area (Å²) in [6.45, 7) is 37.9. The molecule has 0 saturated carbocycles. The van der Waals surface area contributed by atoms with Gasteiger partial charge in [-0.3, -0.25) is 0 Å². The van der Waals surface area contributed by atoms with Gasteiger partial charge in [0.2, 0.25) is 0 Å². The maximum Gasteiger partial charge on any atom is 0.126 e. The first-order valence-corrected chi connectivity index (χ1v) is 22.7. The van der Waals surface area contributed by atoms with Crippen LogP contribution in [-0.4, -0.2) is 28.4 Å². The number of rotatable bonds is 4. The van der Waals surface area contributed by atoms with Gasteiger partial charge in [0.25, 0.3) is 0 Å². The molecule has 0 atom stereocenters. The van der Waals surface area contributed by atoms with E-state index >= 15 is 0 Å². The summed E-state index contributed by atoms with van der Waals surface area (Å²) < 4.78 is 25.9. The molecule has 8 nitrogen and oxygen atoms in total. The van der Waals surface area contributed by atoms with E-state index in [2.05, 4.69) is 145 Å². The highest BCUT2D eigenvalue weighted by Crippen LogP contribution is 2.48. The number of benzene rings is 4. The minimum absolute atomic E-state index is 0.0262. The summed E-state index contributed by atoms with van der Waals surface area (Å²) in [5.74, 6) is 3.64. The van der Waals surface area contributed by atoms with Crippen molar-refractivity contribution in [2.24, 2.45) is 0 Å². The van der Waals surface area contributed by atoms with E-state index in [1.54, 1.807) is 24.3 Å². The van der Waals surface area contributed by atoms with Gasteiger partial charge in [-0.15, -0.1) is 0 Å². The molecule has 0 heterocycles. The van der Waals surface area contributed by atoms with Gasteiger partial charge in [0, 0.05) is 74.6 Å². The fourth-order valence-corrected chi connectivity index (χ4v) is 8.14. The zero-order valence-corrected chi connectivity index (χ0v) is 44.6. The monoisotopic (exact) mass is 897 g/mol. The standard InChI is InChI=1S/C50H68O4.4C2H3N/c1-29-39-25-35(47(3,4)5)21-31(43(39)51-15)19-33-23-37(49(9,10)11)27-41(45(33)53-17)30(2)42-28-38(50(12,13)14)24-34(46(42)54-18)20-32-22-36(48(6,7)8)26-40(29)44(32)52-16;4*1-2-3/h21-30H,19-20H2,1-18H3;4*1H3. The molecule has 0 aromatic heterocycles. The minimum atomic E-state index is -0.0834. The quantitative estimate of drug-likeness (QED) is 0.198. The summed E-state index contributed by atoms with van der Waals surface area (Å²) in [6, 6.07) is 25.9. The molecule has 0 N–H and O–H groups in total. The van der Waals surface area contributed by atoms with Crippen LogP contribution in [0.5, 0.6) is 23.0 Å². The third-order valence-corrected chi connectivity index (χ3v) is 11.7. The van der Waals surface area contributed by atoms with Gasteiger partial charge >= 0.3 is 0 Å². The lowest BCUT2D eigenvalue weighted by atomic mass is 9.76. The summed E-state index contributed by atoms with van der Waals surface area (Å²) in [4.78, 5) is 0. The Labute approximate surface area is 400 Å². The SMILES string of the molecule is CC#N.CC#N.CC#N.CC#N.COc1c2cc(C(C)(C)C)cc1C(C)c1cc(C(C)(C)C)cc(c1OC)Cc1cc(C(C)(C)C)cc(c1OC)C(C)c1cc(C(C)(C)C)cc(c1OC)C2. The Morgan fingerprint density at radius 1 is 0.364 bits per heavy atom. The molecule has 8 heteroatoms. The van der Waals surface area contributed by atoms with Gasteiger partial charge in [0.1, 0.15) is 23.0 Å². The molecule has 4 aromatic carbocycles. The van der Waals surface area contributed by atoms with Crippen molar-refractivity contribution in [1.82, 2.24) is 0 Å². The van der Waals surface area contributed by atoms with E-state index in [1.165, 1.54) is 49.9 Å². The van der Waals surface area contributed by atoms with Crippen LogP contribution in [0.4, 0.5) is 0 Å². The maximum atomic E-state index is 7.32. The second kappa shape index (κ2) is 24.5. The van der Waals surface area contributed by atoms with Crippen molar-refractivity contribution < 1.29 is 18.9 Å². The Bertz CT molecular complexity index is 2090. The molecule has 8 bridgehead atoms. The molecule has 356 valence electrons. The zero-order valence-electron chi connectivity index (χ0n) is 44.6. The number of methoxy groups -OCH3 is 4. The Morgan fingerprint density at radius 2 is 0.515 bits per heavy atom. The minimum Gasteiger partial charge on any atom is -0.496 e. The largest absolute Gasteiger partial charge is 0.496 e. The maximum absolute atomic E-state index is 7.32. The second-order valence-electron chi connectivity index (χ2n) is 20.7. The average molecular weight is 897 g/mol. The molecule has 1 aliphatic carbocycles. The number of hydrogen-bond donors (Lipinski definition) is 0. The molecule has 1 aliphatic rings. The van der Waals surface area contributed by atoms with Crippen molar-refractivity contribution in [3.63, 3.8) is 0 Å². The van der Waals surface area contributed by atoms with Crippen LogP contribution in [0.25, 0.3) is 0 Å². The summed E-state index contributed by atoms with van der Waals surface area (Å²) in [5.41, 5.74) is 14.1. The first-order valence-electron chi connectivity index (χ1n) is 22.7. The van der Waals surface area contributed by atoms with Crippen LogP contribution < -0.4 is 18.9 Å². The average Bonchev–Trinajstić information content (AvgIpc) is 3.21. The van der Waals surface area contributed by atoms with Crippen molar-refractivity contribution in [2.75, 3.05) is 28.4 Å². The van der Waals surface area contributed by atoms with Gasteiger partial charge in [0.05, 0.1) is 52.7 Å². The van der Waals surface area contributed by atoms with Crippen LogP contribution in [0, 0.1) is 45.3 Å². The summed E-state index contributed by atoms with van der Waals surface area (Å²) in [5, 5.41) is 29.3. The van der Waals surface area contributed by atoms with Crippen LogP contribution >= 0.6 is 0 Å². The topological polar surface area (TPSA) is 132 Å². The lowest BCUT2D eigenvalue weighted by molar-refractivity contribution is 0.390. The van der Waals surface area contributed by atoms with E-state index in [0.717, 1.165) is 67.5 Å². The second-order valence-corrected chi connectivity index (χ2v) is 20.7. The molecule has 5 rings (SSSR count). The molecule has 4 aromatic rings. The van der Waals surface area contributed by atoms with E-state index in [4.69, 9.17) is 40.0 Å². The summed E-state index contributed by atoms with van der Waals surface area (Å²) in [7, 11) is 7.28. The highest BCUT2D eigenvalue weighted by Gasteiger charge is 2.32. The van der Waals surface area contributed by atoms with Gasteiger partial charge < -0.3 is 18.9 Å². The van der Waals surface area contributed by atoms with E-state index < -0.39 is 0 Å². The Morgan fingerprint density at radius 3 is 0.636 bits per heavy atom. The van der Waals surface area contributed by atoms with Crippen LogP contribution in [0.1, 0.15) is 203 Å². The number of fused-ring (bicyclic) bond motifs is 8. The summed E-state index contributed by atoms with van der Waals surface area (Å²) in [6.07, 6.45) is 1.32. The first kappa shape index (κ1) is 58.1. The molecule has 0 saturated heterocycles. The van der Waals surface area contributed by atoms with Crippen molar-refractivity contribution >= 4 is 0 Å². The molecular weight excluding hydrogens is 817 g/mol. The molecule has 66 heavy (non-hydrogen) atoms. The number of hydrogen-bond acceptors (Lipinski definition) is 8. The van der Waals surface area contributed by atoms with Crippen molar-refractivity contribution in [1.29, 1.82) is 21.0 Å².